The van der Waals surface area contributed by atoms with Crippen LogP contribution in [0.2, 0.25) is 0 Å². The molecule has 0 amide bonds. The van der Waals surface area contributed by atoms with E-state index in [0.29, 0.717) is 18.1 Å². The van der Waals surface area contributed by atoms with Crippen LogP contribution in [-0.2, 0) is 6.42 Å². The highest BCUT2D eigenvalue weighted by atomic mass is 16.5. The summed E-state index contributed by atoms with van der Waals surface area (Å²) in [5.74, 6) is 1.29. The minimum Gasteiger partial charge on any atom is -0.339 e. The van der Waals surface area contributed by atoms with E-state index in [2.05, 4.69) is 10.1 Å². The summed E-state index contributed by atoms with van der Waals surface area (Å²) in [6.07, 6.45) is 1.53. The topological polar surface area (TPSA) is 64.9 Å². The van der Waals surface area contributed by atoms with Gasteiger partial charge in [-0.2, -0.15) is 4.98 Å². The third-order valence-corrected chi connectivity index (χ3v) is 2.73. The van der Waals surface area contributed by atoms with Crippen molar-refractivity contribution in [2.75, 3.05) is 0 Å². The zero-order valence-corrected chi connectivity index (χ0v) is 11.1. The van der Waals surface area contributed by atoms with Crippen LogP contribution < -0.4 is 5.73 Å². The molecule has 2 rings (SSSR count). The largest absolute Gasteiger partial charge is 0.339 e. The molecule has 18 heavy (non-hydrogen) atoms. The molecule has 1 aromatic heterocycles. The van der Waals surface area contributed by atoms with Crippen LogP contribution in [0.4, 0.5) is 0 Å². The Morgan fingerprint density at radius 2 is 2.11 bits per heavy atom. The molecule has 1 heterocycles. The van der Waals surface area contributed by atoms with Gasteiger partial charge in [-0.15, -0.1) is 0 Å². The second-order valence-electron chi connectivity index (χ2n) is 5.37. The number of hydrogen-bond donors (Lipinski definition) is 1. The fourth-order valence-electron chi connectivity index (χ4n) is 1.69. The summed E-state index contributed by atoms with van der Waals surface area (Å²) in [4.78, 5) is 4.39. The van der Waals surface area contributed by atoms with Gasteiger partial charge >= 0.3 is 0 Å². The molecule has 96 valence electrons. The highest BCUT2D eigenvalue weighted by Crippen LogP contribution is 2.18. The Morgan fingerprint density at radius 1 is 1.33 bits per heavy atom. The Bertz CT molecular complexity index is 526. The van der Waals surface area contributed by atoms with Gasteiger partial charge in [0.15, 0.2) is 0 Å². The van der Waals surface area contributed by atoms with Gasteiger partial charge in [0.05, 0.1) is 0 Å². The number of benzene rings is 1. The average molecular weight is 245 g/mol. The van der Waals surface area contributed by atoms with Gasteiger partial charge in [-0.3, -0.25) is 0 Å². The monoisotopic (exact) mass is 245 g/mol. The zero-order chi connectivity index (χ0) is 13.2. The zero-order valence-electron chi connectivity index (χ0n) is 11.1. The predicted octanol–water partition coefficient (Wildman–Crippen LogP) is 2.71. The highest BCUT2D eigenvalue weighted by Gasteiger charge is 2.14. The summed E-state index contributed by atoms with van der Waals surface area (Å²) < 4.78 is 5.24. The smallest absolute Gasteiger partial charge is 0.227 e. The molecule has 0 bridgehead atoms. The van der Waals surface area contributed by atoms with Crippen molar-refractivity contribution >= 4 is 0 Å². The van der Waals surface area contributed by atoms with Crippen LogP contribution in [0.3, 0.4) is 0 Å². The van der Waals surface area contributed by atoms with Gasteiger partial charge in [-0.05, 0) is 33.3 Å². The molecule has 0 aliphatic carbocycles. The van der Waals surface area contributed by atoms with E-state index in [1.807, 2.05) is 45.0 Å². The quantitative estimate of drug-likeness (QED) is 0.899. The van der Waals surface area contributed by atoms with E-state index in [4.69, 9.17) is 10.3 Å². The maximum atomic E-state index is 5.93. The maximum absolute atomic E-state index is 5.93. The van der Waals surface area contributed by atoms with Crippen LogP contribution in [0, 0.1) is 6.92 Å². The Labute approximate surface area is 107 Å². The lowest BCUT2D eigenvalue weighted by Crippen LogP contribution is -2.32. The third-order valence-electron chi connectivity index (χ3n) is 2.73. The lowest BCUT2D eigenvalue weighted by atomic mass is 10.0. The van der Waals surface area contributed by atoms with Crippen LogP contribution in [-0.4, -0.2) is 15.7 Å². The van der Waals surface area contributed by atoms with Crippen LogP contribution in [0.25, 0.3) is 11.4 Å². The van der Waals surface area contributed by atoms with E-state index in [1.165, 1.54) is 5.56 Å². The van der Waals surface area contributed by atoms with Gasteiger partial charge in [0, 0.05) is 17.5 Å². The Kier molecular flexibility index (Phi) is 3.48. The van der Waals surface area contributed by atoms with Crippen LogP contribution in [0.1, 0.15) is 31.7 Å². The number of rotatable bonds is 4. The molecule has 0 unspecified atom stereocenters. The molecular weight excluding hydrogens is 226 g/mol. The first-order valence-corrected chi connectivity index (χ1v) is 6.12. The molecule has 0 aliphatic heterocycles. The molecule has 0 saturated heterocycles. The molecule has 0 fully saturated rings. The van der Waals surface area contributed by atoms with Gasteiger partial charge < -0.3 is 10.3 Å². The van der Waals surface area contributed by atoms with Crippen molar-refractivity contribution in [1.29, 1.82) is 0 Å². The van der Waals surface area contributed by atoms with Crippen molar-refractivity contribution in [2.24, 2.45) is 5.73 Å². The molecule has 4 nitrogen and oxygen atoms in total. The molecule has 2 N–H and O–H groups in total. The molecule has 4 heteroatoms. The molecule has 1 aromatic carbocycles. The van der Waals surface area contributed by atoms with E-state index in [0.717, 1.165) is 12.0 Å². The van der Waals surface area contributed by atoms with E-state index in [-0.39, 0.29) is 5.54 Å². The molecule has 0 saturated carbocycles. The van der Waals surface area contributed by atoms with Crippen molar-refractivity contribution < 1.29 is 4.52 Å². The number of nitrogens with two attached hydrogens (primary N) is 1. The van der Waals surface area contributed by atoms with Crippen molar-refractivity contribution in [3.63, 3.8) is 0 Å². The minimum absolute atomic E-state index is 0.210. The number of nitrogens with zero attached hydrogens (tertiary/aromatic N) is 2. The Morgan fingerprint density at radius 3 is 2.78 bits per heavy atom. The second-order valence-corrected chi connectivity index (χ2v) is 5.37. The summed E-state index contributed by atoms with van der Waals surface area (Å²) in [6.45, 7) is 6.02. The van der Waals surface area contributed by atoms with Gasteiger partial charge in [0.25, 0.3) is 0 Å². The Hall–Kier alpha value is -1.68. The van der Waals surface area contributed by atoms with E-state index in [9.17, 15) is 0 Å². The molecule has 0 atom stereocenters. The van der Waals surface area contributed by atoms with Gasteiger partial charge in [-0.25, -0.2) is 0 Å². The van der Waals surface area contributed by atoms with Gasteiger partial charge in [-0.1, -0.05) is 28.9 Å². The maximum Gasteiger partial charge on any atom is 0.227 e. The SMILES string of the molecule is Cc1cccc(-c2noc(CCC(C)(C)N)n2)c1. The van der Waals surface area contributed by atoms with Crippen LogP contribution >= 0.6 is 0 Å². The predicted molar refractivity (Wildman–Crippen MR) is 71.1 cm³/mol. The summed E-state index contributed by atoms with van der Waals surface area (Å²) in [7, 11) is 0. The summed E-state index contributed by atoms with van der Waals surface area (Å²) in [6, 6.07) is 8.06. The van der Waals surface area contributed by atoms with Crippen LogP contribution in [0.15, 0.2) is 28.8 Å². The standard InChI is InChI=1S/C14H19N3O/c1-10-5-4-6-11(9-10)13-16-12(18-17-13)7-8-14(2,3)15/h4-6,9H,7-8,15H2,1-3H3. The molecule has 2 aromatic rings. The van der Waals surface area contributed by atoms with E-state index < -0.39 is 0 Å². The van der Waals surface area contributed by atoms with E-state index >= 15 is 0 Å². The van der Waals surface area contributed by atoms with Crippen molar-refractivity contribution in [2.45, 2.75) is 39.2 Å². The molecular formula is C14H19N3O. The normalized spacial score (nSPS) is 11.8. The number of hydrogen-bond acceptors (Lipinski definition) is 4. The van der Waals surface area contributed by atoms with Gasteiger partial charge in [0.1, 0.15) is 0 Å². The fraction of sp³-hybridized carbons (Fsp3) is 0.429. The van der Waals surface area contributed by atoms with E-state index in [1.54, 1.807) is 0 Å². The summed E-state index contributed by atoms with van der Waals surface area (Å²) in [5, 5.41) is 4.00. The summed E-state index contributed by atoms with van der Waals surface area (Å²) >= 11 is 0. The number of aryl methyl sites for hydroxylation is 2. The van der Waals surface area contributed by atoms with Crippen LogP contribution in [0.5, 0.6) is 0 Å². The fourth-order valence-corrected chi connectivity index (χ4v) is 1.69. The van der Waals surface area contributed by atoms with Crippen molar-refractivity contribution in [3.8, 4) is 11.4 Å². The van der Waals surface area contributed by atoms with Gasteiger partial charge in [0.2, 0.25) is 11.7 Å². The third kappa shape index (κ3) is 3.40. The Balaban J connectivity index is 2.11. The molecule has 0 aliphatic rings. The average Bonchev–Trinajstić information content (AvgIpc) is 2.74. The lowest BCUT2D eigenvalue weighted by molar-refractivity contribution is 0.358. The first-order valence-electron chi connectivity index (χ1n) is 6.12. The second kappa shape index (κ2) is 4.90. The number of aromatic nitrogens is 2. The first-order chi connectivity index (χ1) is 8.44. The lowest BCUT2D eigenvalue weighted by Gasteiger charge is -2.16. The van der Waals surface area contributed by atoms with Crippen molar-refractivity contribution in [3.05, 3.63) is 35.7 Å². The minimum atomic E-state index is -0.210. The first kappa shape index (κ1) is 12.8. The molecule has 0 radical (unpaired) electrons. The highest BCUT2D eigenvalue weighted by molar-refractivity contribution is 5.55. The molecule has 0 spiro atoms. The van der Waals surface area contributed by atoms with Crippen molar-refractivity contribution in [1.82, 2.24) is 10.1 Å². The summed E-state index contributed by atoms with van der Waals surface area (Å²) in [5.41, 5.74) is 7.89.